The van der Waals surface area contributed by atoms with E-state index in [4.69, 9.17) is 0 Å². The number of carbonyl (C=O) groups excluding carboxylic acids is 2. The number of fused-ring (bicyclic) bond motifs is 2. The fraction of sp³-hybridized carbons (Fsp3) is 0.333. The molecule has 4 heterocycles. The molecule has 0 fully saturated rings. The zero-order valence-electron chi connectivity index (χ0n) is 24.5. The van der Waals surface area contributed by atoms with Crippen LogP contribution in [0.3, 0.4) is 0 Å². The summed E-state index contributed by atoms with van der Waals surface area (Å²) < 4.78 is 0. The molecule has 0 aliphatic carbocycles. The molecule has 0 spiro atoms. The zero-order valence-corrected chi connectivity index (χ0v) is 26.2. The largest absolute Gasteiger partial charge is 0.308 e. The van der Waals surface area contributed by atoms with Crippen LogP contribution in [0.2, 0.25) is 0 Å². The quantitative estimate of drug-likeness (QED) is 0.121. The van der Waals surface area contributed by atoms with Gasteiger partial charge in [-0.15, -0.1) is 22.7 Å². The molecule has 0 radical (unpaired) electrons. The van der Waals surface area contributed by atoms with E-state index in [-0.39, 0.29) is 11.8 Å². The van der Waals surface area contributed by atoms with Crippen molar-refractivity contribution < 1.29 is 9.59 Å². The minimum atomic E-state index is -0.0477. The third-order valence-electron chi connectivity index (χ3n) is 8.36. The van der Waals surface area contributed by atoms with Crippen molar-refractivity contribution in [3.63, 3.8) is 0 Å². The number of thiophene rings is 2. The molecule has 0 bridgehead atoms. The Morgan fingerprint density at radius 1 is 0.571 bits per heavy atom. The maximum atomic E-state index is 14.4. The number of rotatable bonds is 12. The first-order chi connectivity index (χ1) is 20.6. The van der Waals surface area contributed by atoms with E-state index in [1.54, 1.807) is 22.7 Å². The summed E-state index contributed by atoms with van der Waals surface area (Å²) in [7, 11) is 0. The lowest BCUT2D eigenvalue weighted by atomic mass is 9.94. The number of hydrogen-bond acceptors (Lipinski definition) is 4. The Bertz CT molecular complexity index is 1480. The molecule has 0 atom stereocenters. The van der Waals surface area contributed by atoms with Gasteiger partial charge in [0.05, 0.1) is 22.5 Å². The van der Waals surface area contributed by atoms with Crippen molar-refractivity contribution in [2.75, 3.05) is 22.9 Å². The Morgan fingerprint density at radius 2 is 1.02 bits per heavy atom. The van der Waals surface area contributed by atoms with Crippen LogP contribution in [0, 0.1) is 0 Å². The summed E-state index contributed by atoms with van der Waals surface area (Å²) >= 11 is 3.38. The van der Waals surface area contributed by atoms with Gasteiger partial charge in [-0.3, -0.25) is 9.59 Å². The Kier molecular flexibility index (Phi) is 8.73. The molecule has 2 aliphatic rings. The van der Waals surface area contributed by atoms with Crippen molar-refractivity contribution >= 4 is 57.0 Å². The van der Waals surface area contributed by atoms with Gasteiger partial charge in [-0.2, -0.15) is 0 Å². The van der Waals surface area contributed by atoms with Crippen molar-refractivity contribution in [2.45, 2.75) is 65.2 Å². The van der Waals surface area contributed by atoms with Crippen molar-refractivity contribution in [2.24, 2.45) is 0 Å². The topological polar surface area (TPSA) is 40.6 Å². The van der Waals surface area contributed by atoms with Crippen molar-refractivity contribution in [3.05, 3.63) is 82.6 Å². The van der Waals surface area contributed by atoms with Crippen LogP contribution in [0.5, 0.6) is 0 Å². The summed E-state index contributed by atoms with van der Waals surface area (Å²) in [5.41, 5.74) is 6.88. The monoisotopic (exact) mass is 594 g/mol. The second-order valence-electron chi connectivity index (χ2n) is 11.2. The van der Waals surface area contributed by atoms with Crippen LogP contribution >= 0.6 is 22.7 Å². The molecule has 0 unspecified atom stereocenters. The maximum Gasteiger partial charge on any atom is 0.259 e. The normalized spacial score (nSPS) is 16.0. The van der Waals surface area contributed by atoms with Gasteiger partial charge >= 0.3 is 0 Å². The summed E-state index contributed by atoms with van der Waals surface area (Å²) in [5, 5.41) is 4.15. The molecule has 0 saturated carbocycles. The predicted molar refractivity (Wildman–Crippen MR) is 179 cm³/mol. The van der Waals surface area contributed by atoms with E-state index in [0.29, 0.717) is 24.2 Å². The number of unbranched alkanes of at least 4 members (excludes halogenated alkanes) is 6. The highest BCUT2D eigenvalue weighted by Gasteiger charge is 2.42. The molecule has 42 heavy (non-hydrogen) atoms. The van der Waals surface area contributed by atoms with Gasteiger partial charge in [0.2, 0.25) is 0 Å². The van der Waals surface area contributed by atoms with Gasteiger partial charge in [-0.25, -0.2) is 0 Å². The standard InChI is InChI=1S/C36H38N2O2S2/c1-3-5-7-9-19-37-29-17-15-25(31-13-11-21-41-31)23-27(29)33(35(37)39)34-28-24-26(32-14-12-22-42-32)16-18-30(28)38(36(34)40)20-10-8-6-4-2/h11-18,21-24H,3-10,19-20H2,1-2H3/b34-33-. The van der Waals surface area contributed by atoms with Gasteiger partial charge in [-0.05, 0) is 71.1 Å². The van der Waals surface area contributed by atoms with E-state index in [9.17, 15) is 9.59 Å². The average molecular weight is 595 g/mol. The number of carbonyl (C=O) groups is 2. The van der Waals surface area contributed by atoms with Gasteiger partial charge in [0.1, 0.15) is 0 Å². The van der Waals surface area contributed by atoms with Crippen LogP contribution < -0.4 is 9.80 Å². The smallest absolute Gasteiger partial charge is 0.259 e. The lowest BCUT2D eigenvalue weighted by Crippen LogP contribution is -2.30. The minimum Gasteiger partial charge on any atom is -0.308 e. The third kappa shape index (κ3) is 5.38. The molecule has 0 N–H and O–H groups in total. The third-order valence-corrected chi connectivity index (χ3v) is 10.2. The average Bonchev–Trinajstić information content (AvgIpc) is 3.81. The highest BCUT2D eigenvalue weighted by Crippen LogP contribution is 2.49. The van der Waals surface area contributed by atoms with Gasteiger partial charge in [0.25, 0.3) is 11.8 Å². The van der Waals surface area contributed by atoms with E-state index in [2.05, 4.69) is 85.3 Å². The van der Waals surface area contributed by atoms with Crippen LogP contribution in [0.15, 0.2) is 71.4 Å². The van der Waals surface area contributed by atoms with Crippen LogP contribution in [0.4, 0.5) is 11.4 Å². The second kappa shape index (κ2) is 12.8. The van der Waals surface area contributed by atoms with Crippen molar-refractivity contribution in [1.29, 1.82) is 0 Å². The van der Waals surface area contributed by atoms with Crippen molar-refractivity contribution in [1.82, 2.24) is 0 Å². The number of nitrogens with zero attached hydrogens (tertiary/aromatic N) is 2. The first-order valence-corrected chi connectivity index (χ1v) is 17.1. The Balaban J connectivity index is 1.50. The van der Waals surface area contributed by atoms with Gasteiger partial charge < -0.3 is 9.80 Å². The highest BCUT2D eigenvalue weighted by molar-refractivity contribution is 7.13. The fourth-order valence-electron chi connectivity index (χ4n) is 6.18. The summed E-state index contributed by atoms with van der Waals surface area (Å²) in [6, 6.07) is 21.0. The molecular weight excluding hydrogens is 557 g/mol. The van der Waals surface area contributed by atoms with Gasteiger partial charge in [0, 0.05) is 34.0 Å². The fourth-order valence-corrected chi connectivity index (χ4v) is 7.62. The summed E-state index contributed by atoms with van der Waals surface area (Å²) in [4.78, 5) is 34.9. The summed E-state index contributed by atoms with van der Waals surface area (Å²) in [5.74, 6) is -0.0954. The Hall–Kier alpha value is -3.48. The number of benzene rings is 2. The lowest BCUT2D eigenvalue weighted by Gasteiger charge is -2.17. The molecule has 6 rings (SSSR count). The molecule has 2 aromatic carbocycles. The Morgan fingerprint density at radius 3 is 1.40 bits per heavy atom. The number of anilines is 2. The van der Waals surface area contributed by atoms with E-state index in [0.717, 1.165) is 94.7 Å². The van der Waals surface area contributed by atoms with E-state index in [1.807, 2.05) is 9.80 Å². The second-order valence-corrected chi connectivity index (χ2v) is 13.1. The van der Waals surface area contributed by atoms with Gasteiger partial charge in [-0.1, -0.05) is 76.6 Å². The first kappa shape index (κ1) is 28.6. The molecule has 2 aromatic heterocycles. The van der Waals surface area contributed by atoms with E-state index in [1.165, 1.54) is 0 Å². The molecule has 2 amide bonds. The SMILES string of the molecule is CCCCCCN1C(=O)/C(=C2\C(=O)N(CCCCCC)c3ccc(-c4cccs4)cc32)c2cc(-c3cccs3)ccc21. The van der Waals surface area contributed by atoms with Crippen LogP contribution in [0.1, 0.15) is 76.3 Å². The number of amides is 2. The summed E-state index contributed by atoms with van der Waals surface area (Å²) in [6.45, 7) is 5.73. The van der Waals surface area contributed by atoms with Gasteiger partial charge in [0.15, 0.2) is 0 Å². The molecular formula is C36H38N2O2S2. The Labute approximate surface area is 257 Å². The minimum absolute atomic E-state index is 0.0477. The van der Waals surface area contributed by atoms with Crippen LogP contribution in [-0.4, -0.2) is 24.9 Å². The predicted octanol–water partition coefficient (Wildman–Crippen LogP) is 9.91. The number of hydrogen-bond donors (Lipinski definition) is 0. The molecule has 4 aromatic rings. The molecule has 2 aliphatic heterocycles. The summed E-state index contributed by atoms with van der Waals surface area (Å²) in [6.07, 6.45) is 8.69. The lowest BCUT2D eigenvalue weighted by molar-refractivity contribution is -0.114. The maximum absolute atomic E-state index is 14.4. The van der Waals surface area contributed by atoms with E-state index < -0.39 is 0 Å². The highest BCUT2D eigenvalue weighted by atomic mass is 32.1. The van der Waals surface area contributed by atoms with E-state index >= 15 is 0 Å². The molecule has 6 heteroatoms. The molecule has 0 saturated heterocycles. The zero-order chi connectivity index (χ0) is 29.1. The van der Waals surface area contributed by atoms with Crippen LogP contribution in [-0.2, 0) is 9.59 Å². The van der Waals surface area contributed by atoms with Crippen LogP contribution in [0.25, 0.3) is 32.0 Å². The van der Waals surface area contributed by atoms with Crippen molar-refractivity contribution in [3.8, 4) is 20.9 Å². The molecule has 4 nitrogen and oxygen atoms in total. The first-order valence-electron chi connectivity index (χ1n) is 15.4. The molecule has 216 valence electrons.